The van der Waals surface area contributed by atoms with Crippen molar-refractivity contribution in [3.63, 3.8) is 0 Å². The second-order valence-electron chi connectivity index (χ2n) is 8.97. The first kappa shape index (κ1) is 25.4. The summed E-state index contributed by atoms with van der Waals surface area (Å²) in [5.41, 5.74) is 4.62. The number of nitrogens with two attached hydrogens (primary N) is 1. The molecule has 0 saturated heterocycles. The number of alkyl halides is 3. The number of rotatable bonds is 7. The van der Waals surface area contributed by atoms with E-state index in [1.165, 1.54) is 19.4 Å². The van der Waals surface area contributed by atoms with Gasteiger partial charge in [-0.3, -0.25) is 9.79 Å². The summed E-state index contributed by atoms with van der Waals surface area (Å²) in [6.45, 7) is 0. The zero-order chi connectivity index (χ0) is 26.1. The number of nitrogens with zero attached hydrogens (tertiary/aromatic N) is 1. The van der Waals surface area contributed by atoms with Crippen LogP contribution in [0.5, 0.6) is 0 Å². The SMILES string of the molecule is COC(=O)c1cc(NC(=O)C2(c3ccc(C(F)(F)F)cc3F)CC2)ccc1/C(C=NC1CCC1)=C/N. The molecular weight excluding hydrogens is 478 g/mol. The standard InChI is InChI=1S/C26H25F4N3O3/c1-36-23(34)20-12-18(6-7-19(20)15(13-31)14-32-17-3-2-4-17)33-24(35)25(9-10-25)21-8-5-16(11-22(21)27)26(28,29)30/h5-8,11-14,17H,2-4,9-10,31H2,1H3,(H,33,35)/b15-13+,32-14?. The number of benzene rings is 2. The quantitative estimate of drug-likeness (QED) is 0.308. The second kappa shape index (κ2) is 9.75. The van der Waals surface area contributed by atoms with Gasteiger partial charge in [-0.05, 0) is 61.9 Å². The number of nitrogens with one attached hydrogen (secondary N) is 1. The lowest BCUT2D eigenvalue weighted by Crippen LogP contribution is -2.29. The van der Waals surface area contributed by atoms with Gasteiger partial charge in [0.2, 0.25) is 5.91 Å². The third-order valence-corrected chi connectivity index (χ3v) is 6.67. The number of ether oxygens (including phenoxy) is 1. The van der Waals surface area contributed by atoms with Crippen molar-refractivity contribution in [3.05, 3.63) is 70.7 Å². The van der Waals surface area contributed by atoms with Crippen LogP contribution in [-0.2, 0) is 21.1 Å². The van der Waals surface area contributed by atoms with Crippen molar-refractivity contribution in [1.82, 2.24) is 0 Å². The molecule has 4 rings (SSSR count). The normalized spacial score (nSPS) is 17.5. The Morgan fingerprint density at radius 1 is 1.14 bits per heavy atom. The van der Waals surface area contributed by atoms with Crippen LogP contribution >= 0.6 is 0 Å². The maximum Gasteiger partial charge on any atom is 0.416 e. The number of esters is 1. The van der Waals surface area contributed by atoms with E-state index < -0.39 is 34.8 Å². The summed E-state index contributed by atoms with van der Waals surface area (Å²) < 4.78 is 58.2. The number of aliphatic imine (C=N–C) groups is 1. The molecule has 2 aromatic rings. The Morgan fingerprint density at radius 3 is 2.39 bits per heavy atom. The molecule has 3 N–H and O–H groups in total. The first-order chi connectivity index (χ1) is 17.1. The van der Waals surface area contributed by atoms with Crippen LogP contribution in [0.15, 0.2) is 47.6 Å². The average Bonchev–Trinajstić information content (AvgIpc) is 3.61. The van der Waals surface area contributed by atoms with Crippen LogP contribution in [0.3, 0.4) is 0 Å². The Kier molecular flexibility index (Phi) is 6.88. The lowest BCUT2D eigenvalue weighted by atomic mass is 9.92. The van der Waals surface area contributed by atoms with E-state index in [0.29, 0.717) is 17.2 Å². The molecule has 2 saturated carbocycles. The highest BCUT2D eigenvalue weighted by molar-refractivity contribution is 6.14. The highest BCUT2D eigenvalue weighted by Gasteiger charge is 2.53. The minimum absolute atomic E-state index is 0.0987. The zero-order valence-corrected chi connectivity index (χ0v) is 19.5. The van der Waals surface area contributed by atoms with Crippen LogP contribution in [0.25, 0.3) is 5.57 Å². The fourth-order valence-electron chi connectivity index (χ4n) is 4.15. The fourth-order valence-corrected chi connectivity index (χ4v) is 4.15. The minimum atomic E-state index is -4.69. The number of anilines is 1. The Labute approximate surface area is 205 Å². The maximum absolute atomic E-state index is 14.6. The van der Waals surface area contributed by atoms with Gasteiger partial charge in [0.15, 0.2) is 0 Å². The van der Waals surface area contributed by atoms with Gasteiger partial charge in [0.25, 0.3) is 0 Å². The highest BCUT2D eigenvalue weighted by Crippen LogP contribution is 2.50. The Morgan fingerprint density at radius 2 is 1.86 bits per heavy atom. The number of methoxy groups -OCH3 is 1. The molecule has 190 valence electrons. The molecular formula is C26H25F4N3O3. The van der Waals surface area contributed by atoms with Crippen molar-refractivity contribution in [2.24, 2.45) is 10.7 Å². The van der Waals surface area contributed by atoms with E-state index in [0.717, 1.165) is 31.4 Å². The van der Waals surface area contributed by atoms with Crippen molar-refractivity contribution in [2.45, 2.75) is 49.7 Å². The minimum Gasteiger partial charge on any atom is -0.465 e. The van der Waals surface area contributed by atoms with Gasteiger partial charge in [0.05, 0.1) is 23.7 Å². The summed E-state index contributed by atoms with van der Waals surface area (Å²) in [5.74, 6) is -2.33. The van der Waals surface area contributed by atoms with E-state index in [1.807, 2.05) is 0 Å². The van der Waals surface area contributed by atoms with Crippen LogP contribution in [-0.4, -0.2) is 31.2 Å². The molecule has 0 radical (unpaired) electrons. The molecule has 0 unspecified atom stereocenters. The van der Waals surface area contributed by atoms with Crippen molar-refractivity contribution >= 4 is 29.4 Å². The lowest BCUT2D eigenvalue weighted by Gasteiger charge is -2.21. The fraction of sp³-hybridized carbons (Fsp3) is 0.346. The monoisotopic (exact) mass is 503 g/mol. The summed E-state index contributed by atoms with van der Waals surface area (Å²) in [4.78, 5) is 30.1. The Bertz CT molecular complexity index is 1250. The number of carbonyl (C=O) groups excluding carboxylic acids is 2. The van der Waals surface area contributed by atoms with E-state index in [1.54, 1.807) is 18.3 Å². The van der Waals surface area contributed by atoms with E-state index >= 15 is 0 Å². The molecule has 2 fully saturated rings. The molecule has 0 heterocycles. The molecule has 0 aromatic heterocycles. The first-order valence-corrected chi connectivity index (χ1v) is 11.5. The highest BCUT2D eigenvalue weighted by atomic mass is 19.4. The molecule has 10 heteroatoms. The van der Waals surface area contributed by atoms with Crippen LogP contribution in [0.2, 0.25) is 0 Å². The van der Waals surface area contributed by atoms with Gasteiger partial charge < -0.3 is 15.8 Å². The Hall–Kier alpha value is -3.69. The van der Waals surface area contributed by atoms with Crippen LogP contribution < -0.4 is 11.1 Å². The molecule has 0 aliphatic heterocycles. The summed E-state index contributed by atoms with van der Waals surface area (Å²) >= 11 is 0. The predicted octanol–water partition coefficient (Wildman–Crippen LogP) is 5.22. The van der Waals surface area contributed by atoms with Gasteiger partial charge >= 0.3 is 12.1 Å². The molecule has 0 atom stereocenters. The van der Waals surface area contributed by atoms with Gasteiger partial charge in [-0.15, -0.1) is 0 Å². The molecule has 2 aromatic carbocycles. The summed E-state index contributed by atoms with van der Waals surface area (Å²) in [6, 6.07) is 6.96. The summed E-state index contributed by atoms with van der Waals surface area (Å²) in [7, 11) is 1.22. The largest absolute Gasteiger partial charge is 0.465 e. The van der Waals surface area contributed by atoms with Crippen molar-refractivity contribution in [3.8, 4) is 0 Å². The first-order valence-electron chi connectivity index (χ1n) is 11.5. The lowest BCUT2D eigenvalue weighted by molar-refractivity contribution is -0.137. The van der Waals surface area contributed by atoms with Gasteiger partial charge in [0, 0.05) is 35.3 Å². The summed E-state index contributed by atoms with van der Waals surface area (Å²) in [5, 5.41) is 2.67. The van der Waals surface area contributed by atoms with Gasteiger partial charge in [0.1, 0.15) is 5.82 Å². The molecule has 0 spiro atoms. The molecule has 2 aliphatic rings. The van der Waals surface area contributed by atoms with Gasteiger partial charge in [-0.1, -0.05) is 12.1 Å². The maximum atomic E-state index is 14.6. The number of hydrogen-bond acceptors (Lipinski definition) is 5. The third-order valence-electron chi connectivity index (χ3n) is 6.67. The molecule has 6 nitrogen and oxygen atoms in total. The van der Waals surface area contributed by atoms with Gasteiger partial charge in [-0.25, -0.2) is 9.18 Å². The van der Waals surface area contributed by atoms with Crippen molar-refractivity contribution in [2.75, 3.05) is 12.4 Å². The topological polar surface area (TPSA) is 93.8 Å². The molecule has 2 aliphatic carbocycles. The van der Waals surface area contributed by atoms with E-state index in [-0.39, 0.29) is 35.7 Å². The average molecular weight is 503 g/mol. The number of amides is 1. The van der Waals surface area contributed by atoms with E-state index in [4.69, 9.17) is 10.5 Å². The van der Waals surface area contributed by atoms with Crippen LogP contribution in [0, 0.1) is 5.82 Å². The second-order valence-corrected chi connectivity index (χ2v) is 8.97. The molecule has 36 heavy (non-hydrogen) atoms. The number of allylic oxidation sites excluding steroid dienone is 1. The van der Waals surface area contributed by atoms with Gasteiger partial charge in [-0.2, -0.15) is 13.2 Å². The predicted molar refractivity (Wildman–Crippen MR) is 127 cm³/mol. The van der Waals surface area contributed by atoms with Crippen LogP contribution in [0.1, 0.15) is 59.2 Å². The number of halogens is 4. The molecule has 1 amide bonds. The zero-order valence-electron chi connectivity index (χ0n) is 19.5. The van der Waals surface area contributed by atoms with Crippen LogP contribution in [0.4, 0.5) is 23.2 Å². The number of hydrogen-bond donors (Lipinski definition) is 2. The van der Waals surface area contributed by atoms with E-state index in [2.05, 4.69) is 10.3 Å². The smallest absolute Gasteiger partial charge is 0.416 e. The van der Waals surface area contributed by atoms with Crippen molar-refractivity contribution < 1.29 is 31.9 Å². The van der Waals surface area contributed by atoms with E-state index in [9.17, 15) is 27.2 Å². The Balaban J connectivity index is 1.59. The summed E-state index contributed by atoms with van der Waals surface area (Å²) in [6.07, 6.45) is 1.90. The number of carbonyl (C=O) groups is 2. The third kappa shape index (κ3) is 4.98. The van der Waals surface area contributed by atoms with Crippen molar-refractivity contribution in [1.29, 1.82) is 0 Å². The molecule has 0 bridgehead atoms.